The van der Waals surface area contributed by atoms with E-state index in [1.807, 2.05) is 111 Å². The Bertz CT molecular complexity index is 2850. The molecule has 3 aromatic heterocycles. The molecule has 9 rings (SSSR count). The lowest BCUT2D eigenvalue weighted by molar-refractivity contribution is 0.0992. The molecule has 12 heteroatoms. The summed E-state index contributed by atoms with van der Waals surface area (Å²) in [5, 5.41) is 0. The number of hydrogen-bond acceptors (Lipinski definition) is 6. The zero-order chi connectivity index (χ0) is 43.4. The molecule has 0 aliphatic carbocycles. The van der Waals surface area contributed by atoms with Crippen LogP contribution in [0.4, 0.5) is 0 Å². The van der Waals surface area contributed by atoms with Gasteiger partial charge in [-0.05, 0) is 119 Å². The molecule has 5 heterocycles. The number of amides is 4. The number of primary amides is 4. The average Bonchev–Trinajstić information content (AvgIpc) is 4.09. The largest absolute Gasteiger partial charge is 0.366 e. The van der Waals surface area contributed by atoms with Gasteiger partial charge in [0.2, 0.25) is 23.6 Å². The van der Waals surface area contributed by atoms with Crippen molar-refractivity contribution in [3.8, 4) is 44.5 Å². The smallest absolute Gasteiger partial charge is 0.248 e. The summed E-state index contributed by atoms with van der Waals surface area (Å²) < 4.78 is 4.15. The van der Waals surface area contributed by atoms with Crippen molar-refractivity contribution in [2.24, 2.45) is 37.0 Å². The summed E-state index contributed by atoms with van der Waals surface area (Å²) in [6.07, 6.45) is 7.87. The molecule has 0 fully saturated rings. The summed E-state index contributed by atoms with van der Waals surface area (Å²) in [4.78, 5) is 59.3. The quantitative estimate of drug-likeness (QED) is 0.121. The number of nitrogens with zero attached hydrogens (tertiary/aromatic N) is 4. The Balaban J connectivity index is 1.48. The minimum atomic E-state index is -0.538. The lowest BCUT2D eigenvalue weighted by atomic mass is 10.0. The van der Waals surface area contributed by atoms with Crippen LogP contribution in [0.5, 0.6) is 0 Å². The highest BCUT2D eigenvalue weighted by atomic mass is 16.2. The lowest BCUT2D eigenvalue weighted by Gasteiger charge is -2.12. The van der Waals surface area contributed by atoms with Crippen molar-refractivity contribution in [2.45, 2.75) is 0 Å². The summed E-state index contributed by atoms with van der Waals surface area (Å²) in [6.45, 7) is 0. The Labute approximate surface area is 355 Å². The van der Waals surface area contributed by atoms with Gasteiger partial charge < -0.3 is 32.1 Å². The molecular formula is C50H38N8O4. The van der Waals surface area contributed by atoms with Gasteiger partial charge in [-0.3, -0.25) is 19.2 Å². The van der Waals surface area contributed by atoms with Crippen LogP contribution in [-0.4, -0.2) is 42.7 Å². The van der Waals surface area contributed by atoms with E-state index in [1.165, 1.54) is 0 Å². The van der Waals surface area contributed by atoms with E-state index in [1.54, 1.807) is 48.5 Å². The highest BCUT2D eigenvalue weighted by molar-refractivity contribution is 6.02. The number of carbonyl (C=O) groups is 4. The first-order chi connectivity index (χ1) is 29.9. The molecule has 0 spiro atoms. The zero-order valence-electron chi connectivity index (χ0n) is 33.6. The van der Waals surface area contributed by atoms with E-state index < -0.39 is 23.6 Å². The third-order valence-electron chi connectivity index (χ3n) is 11.4. The highest BCUT2D eigenvalue weighted by Crippen LogP contribution is 2.40. The molecule has 8 bridgehead atoms. The fraction of sp³-hybridized carbons (Fsp3) is 0.0400. The van der Waals surface area contributed by atoms with Gasteiger partial charge in [-0.25, -0.2) is 9.97 Å². The van der Waals surface area contributed by atoms with Crippen molar-refractivity contribution in [1.29, 1.82) is 0 Å². The van der Waals surface area contributed by atoms with Crippen LogP contribution in [0.25, 0.3) is 90.9 Å². The number of aromatic nitrogens is 4. The second-order valence-electron chi connectivity index (χ2n) is 15.0. The number of carbonyl (C=O) groups excluding carboxylic acids is 4. The molecule has 4 amide bonds. The van der Waals surface area contributed by atoms with E-state index in [9.17, 15) is 19.2 Å². The standard InChI is InChI=1S/C50H38N8O4/c1-57-39-23-24-40(57)44(28-5-13-32(14-6-28)48(52)60)36-20-22-38(56-36)46(30-9-17-34(18-10-30)50(54)62)42-26-25-41(58(42)2)45(29-7-15-33(16-8-29)49(53)61)37-21-19-35(55-37)43(39)27-3-11-31(12-4-27)47(51)59/h3-26H,1-2H3,(H2,51,59)(H2,52,60)(H2,53,61)(H2,54,62). The van der Waals surface area contributed by atoms with Crippen molar-refractivity contribution >= 4 is 70.0 Å². The number of benzene rings is 4. The fourth-order valence-electron chi connectivity index (χ4n) is 8.22. The third-order valence-corrected chi connectivity index (χ3v) is 11.4. The Morgan fingerprint density at radius 3 is 0.710 bits per heavy atom. The molecule has 62 heavy (non-hydrogen) atoms. The van der Waals surface area contributed by atoms with Crippen LogP contribution in [0.1, 0.15) is 64.2 Å². The summed E-state index contributed by atoms with van der Waals surface area (Å²) in [5.74, 6) is -2.15. The predicted octanol–water partition coefficient (Wildman–Crippen LogP) is 7.74. The van der Waals surface area contributed by atoms with Gasteiger partial charge in [-0.1, -0.05) is 48.5 Å². The van der Waals surface area contributed by atoms with E-state index in [4.69, 9.17) is 32.9 Å². The van der Waals surface area contributed by atoms with E-state index in [0.29, 0.717) is 45.0 Å². The van der Waals surface area contributed by atoms with Crippen molar-refractivity contribution in [3.05, 3.63) is 166 Å². The van der Waals surface area contributed by atoms with E-state index in [-0.39, 0.29) is 0 Å². The molecule has 0 saturated carbocycles. The Kier molecular flexibility index (Phi) is 9.52. The number of rotatable bonds is 8. The van der Waals surface area contributed by atoms with Crippen LogP contribution >= 0.6 is 0 Å². The summed E-state index contributed by atoms with van der Waals surface area (Å²) in [7, 11) is 3.94. The number of fused-ring (bicyclic) bond motifs is 8. The van der Waals surface area contributed by atoms with Crippen molar-refractivity contribution < 1.29 is 19.2 Å². The normalized spacial score (nSPS) is 11.8. The molecule has 302 valence electrons. The third kappa shape index (κ3) is 6.71. The monoisotopic (exact) mass is 814 g/mol. The van der Waals surface area contributed by atoms with Crippen LogP contribution in [-0.2, 0) is 14.1 Å². The molecule has 8 N–H and O–H groups in total. The van der Waals surface area contributed by atoms with Gasteiger partial charge in [0.15, 0.2) is 0 Å². The number of nitrogens with two attached hydrogens (primary N) is 4. The minimum Gasteiger partial charge on any atom is -0.366 e. The molecular weight excluding hydrogens is 777 g/mol. The predicted molar refractivity (Wildman–Crippen MR) is 244 cm³/mol. The summed E-state index contributed by atoms with van der Waals surface area (Å²) >= 11 is 0. The molecule has 2 aliphatic rings. The van der Waals surface area contributed by atoms with Gasteiger partial charge >= 0.3 is 0 Å². The molecule has 0 radical (unpaired) electrons. The molecule has 12 nitrogen and oxygen atoms in total. The van der Waals surface area contributed by atoms with E-state index in [0.717, 1.165) is 66.6 Å². The van der Waals surface area contributed by atoms with Gasteiger partial charge in [0.05, 0.1) is 44.8 Å². The van der Waals surface area contributed by atoms with Crippen molar-refractivity contribution in [2.75, 3.05) is 0 Å². The van der Waals surface area contributed by atoms with Crippen LogP contribution in [0.3, 0.4) is 0 Å². The van der Waals surface area contributed by atoms with Crippen molar-refractivity contribution in [1.82, 2.24) is 19.1 Å². The van der Waals surface area contributed by atoms with Crippen LogP contribution < -0.4 is 22.9 Å². The molecule has 7 aromatic rings. The van der Waals surface area contributed by atoms with Crippen LogP contribution in [0.2, 0.25) is 0 Å². The SMILES string of the molecule is Cn1c2ccc1c(-c1ccc(C(N)=O)cc1)c1nc(c(-c3ccc(C(N)=O)cc3)c3ccc(c(-c4ccc(C(N)=O)cc4)c4nc(c2-c2ccc(C(N)=O)cc2)C=C4)n3C)C=C1. The average molecular weight is 815 g/mol. The Hall–Kier alpha value is -8.64. The first kappa shape index (κ1) is 38.9. The van der Waals surface area contributed by atoms with Crippen LogP contribution in [0.15, 0.2) is 121 Å². The molecule has 0 atom stereocenters. The maximum absolute atomic E-state index is 12.2. The first-order valence-corrected chi connectivity index (χ1v) is 19.6. The van der Waals surface area contributed by atoms with E-state index in [2.05, 4.69) is 9.13 Å². The number of aryl methyl sites for hydroxylation is 2. The van der Waals surface area contributed by atoms with Gasteiger partial charge in [0.25, 0.3) is 0 Å². The maximum Gasteiger partial charge on any atom is 0.248 e. The zero-order valence-corrected chi connectivity index (χ0v) is 33.6. The summed E-state index contributed by atoms with van der Waals surface area (Å²) in [5.41, 5.74) is 36.4. The molecule has 0 saturated heterocycles. The number of hydrogen-bond donors (Lipinski definition) is 4. The van der Waals surface area contributed by atoms with E-state index >= 15 is 0 Å². The lowest BCUT2D eigenvalue weighted by Crippen LogP contribution is -2.10. The van der Waals surface area contributed by atoms with Gasteiger partial charge in [-0.15, -0.1) is 0 Å². The van der Waals surface area contributed by atoms with Gasteiger partial charge in [0.1, 0.15) is 0 Å². The summed E-state index contributed by atoms with van der Waals surface area (Å²) in [6, 6.07) is 36.5. The minimum absolute atomic E-state index is 0.369. The Morgan fingerprint density at radius 2 is 0.532 bits per heavy atom. The van der Waals surface area contributed by atoms with Crippen molar-refractivity contribution in [3.63, 3.8) is 0 Å². The first-order valence-electron chi connectivity index (χ1n) is 19.6. The fourth-order valence-corrected chi connectivity index (χ4v) is 8.22. The molecule has 2 aliphatic heterocycles. The Morgan fingerprint density at radius 1 is 0.339 bits per heavy atom. The molecule has 4 aromatic carbocycles. The molecule has 0 unspecified atom stereocenters. The van der Waals surface area contributed by atoms with Gasteiger partial charge in [0, 0.05) is 58.6 Å². The highest BCUT2D eigenvalue weighted by Gasteiger charge is 2.22. The second kappa shape index (κ2) is 15.2. The second-order valence-corrected chi connectivity index (χ2v) is 15.0. The topological polar surface area (TPSA) is 208 Å². The van der Waals surface area contributed by atoms with Gasteiger partial charge in [-0.2, -0.15) is 0 Å². The maximum atomic E-state index is 12.2. The van der Waals surface area contributed by atoms with Crippen LogP contribution in [0, 0.1) is 0 Å².